The molecule has 0 heterocycles. The molecule has 1 N–H and O–H groups in total. The number of rotatable bonds is 6. The van der Waals surface area contributed by atoms with Crippen LogP contribution >= 0.6 is 39.3 Å². The minimum atomic E-state index is 0.827. The lowest BCUT2D eigenvalue weighted by Crippen LogP contribution is -2.13. The Hall–Kier alpha value is -0.480. The van der Waals surface area contributed by atoms with E-state index in [1.165, 1.54) is 4.90 Å². The zero-order chi connectivity index (χ0) is 14.4. The fourth-order valence-corrected chi connectivity index (χ4v) is 3.58. The van der Waals surface area contributed by atoms with E-state index in [4.69, 9.17) is 11.6 Å². The highest BCUT2D eigenvalue weighted by atomic mass is 79.9. The number of benzene rings is 2. The highest BCUT2D eigenvalue weighted by molar-refractivity contribution is 9.10. The summed E-state index contributed by atoms with van der Waals surface area (Å²) in [6, 6.07) is 14.5. The lowest BCUT2D eigenvalue weighted by molar-refractivity contribution is 0.675. The fourth-order valence-electron chi connectivity index (χ4n) is 1.80. The molecule has 2 aromatic rings. The Morgan fingerprint density at radius 2 is 1.95 bits per heavy atom. The Morgan fingerprint density at radius 3 is 2.65 bits per heavy atom. The highest BCUT2D eigenvalue weighted by Crippen LogP contribution is 2.32. The van der Waals surface area contributed by atoms with Gasteiger partial charge in [-0.25, -0.2) is 0 Å². The summed E-state index contributed by atoms with van der Waals surface area (Å²) < 4.78 is 1.09. The van der Waals surface area contributed by atoms with Crippen LogP contribution in [-0.4, -0.2) is 6.54 Å². The topological polar surface area (TPSA) is 12.0 Å². The van der Waals surface area contributed by atoms with Crippen LogP contribution in [0.5, 0.6) is 0 Å². The molecule has 0 radical (unpaired) electrons. The molecule has 1 nitrogen and oxygen atoms in total. The molecule has 0 aliphatic carbocycles. The SMILES string of the molecule is CCCNCc1ccc(Sc2cccc(Br)c2)cc1Cl. The molecule has 4 heteroatoms. The van der Waals surface area contributed by atoms with Gasteiger partial charge in [0.25, 0.3) is 0 Å². The predicted octanol–water partition coefficient (Wildman–Crippen LogP) is 5.75. The average Bonchev–Trinajstić information content (AvgIpc) is 2.41. The van der Waals surface area contributed by atoms with Crippen molar-refractivity contribution in [1.82, 2.24) is 5.32 Å². The molecule has 0 spiro atoms. The minimum absolute atomic E-state index is 0.827. The maximum absolute atomic E-state index is 6.34. The summed E-state index contributed by atoms with van der Waals surface area (Å²) in [6.45, 7) is 4.01. The van der Waals surface area contributed by atoms with Crippen LogP contribution in [0.25, 0.3) is 0 Å². The molecule has 0 bridgehead atoms. The van der Waals surface area contributed by atoms with E-state index in [2.05, 4.69) is 52.4 Å². The summed E-state index contributed by atoms with van der Waals surface area (Å²) in [4.78, 5) is 2.36. The molecule has 106 valence electrons. The number of halogens is 2. The van der Waals surface area contributed by atoms with E-state index in [9.17, 15) is 0 Å². The molecular formula is C16H17BrClNS. The monoisotopic (exact) mass is 369 g/mol. The zero-order valence-electron chi connectivity index (χ0n) is 11.3. The number of nitrogens with one attached hydrogen (secondary N) is 1. The molecule has 0 saturated carbocycles. The van der Waals surface area contributed by atoms with Crippen molar-refractivity contribution in [2.75, 3.05) is 6.54 Å². The Labute approximate surface area is 138 Å². The van der Waals surface area contributed by atoms with Crippen molar-refractivity contribution in [3.8, 4) is 0 Å². The largest absolute Gasteiger partial charge is 0.313 e. The van der Waals surface area contributed by atoms with E-state index in [1.807, 2.05) is 18.2 Å². The predicted molar refractivity (Wildman–Crippen MR) is 91.7 cm³/mol. The van der Waals surface area contributed by atoms with Gasteiger partial charge >= 0.3 is 0 Å². The van der Waals surface area contributed by atoms with E-state index in [0.29, 0.717) is 0 Å². The van der Waals surface area contributed by atoms with Crippen LogP contribution in [0.15, 0.2) is 56.7 Å². The van der Waals surface area contributed by atoms with Crippen molar-refractivity contribution < 1.29 is 0 Å². The van der Waals surface area contributed by atoms with Crippen molar-refractivity contribution in [3.05, 3.63) is 57.5 Å². The fraction of sp³-hybridized carbons (Fsp3) is 0.250. The summed E-state index contributed by atoms with van der Waals surface area (Å²) in [6.07, 6.45) is 1.13. The Morgan fingerprint density at radius 1 is 1.15 bits per heavy atom. The summed E-state index contributed by atoms with van der Waals surface area (Å²) >= 11 is 11.6. The third-order valence-corrected chi connectivity index (χ3v) is 4.62. The van der Waals surface area contributed by atoms with Gasteiger partial charge in [-0.05, 0) is 48.9 Å². The van der Waals surface area contributed by atoms with Crippen LogP contribution in [0.2, 0.25) is 5.02 Å². The Bertz CT molecular complexity index is 574. The number of hydrogen-bond donors (Lipinski definition) is 1. The van der Waals surface area contributed by atoms with Gasteiger partial charge < -0.3 is 5.32 Å². The lowest BCUT2D eigenvalue weighted by Gasteiger charge is -2.08. The molecule has 0 amide bonds. The summed E-state index contributed by atoms with van der Waals surface area (Å²) in [7, 11) is 0. The van der Waals surface area contributed by atoms with Crippen molar-refractivity contribution >= 4 is 39.3 Å². The van der Waals surface area contributed by atoms with Crippen molar-refractivity contribution in [1.29, 1.82) is 0 Å². The Balaban J connectivity index is 2.05. The first kappa shape index (κ1) is 15.9. The third-order valence-electron chi connectivity index (χ3n) is 2.80. The van der Waals surface area contributed by atoms with Crippen LogP contribution in [-0.2, 0) is 6.54 Å². The molecule has 20 heavy (non-hydrogen) atoms. The summed E-state index contributed by atoms with van der Waals surface area (Å²) in [5.74, 6) is 0. The van der Waals surface area contributed by atoms with Crippen LogP contribution in [0, 0.1) is 0 Å². The second-order valence-corrected chi connectivity index (χ2v) is 6.96. The lowest BCUT2D eigenvalue weighted by atomic mass is 10.2. The van der Waals surface area contributed by atoms with Gasteiger partial charge in [0.2, 0.25) is 0 Å². The van der Waals surface area contributed by atoms with Crippen molar-refractivity contribution in [2.45, 2.75) is 29.7 Å². The van der Waals surface area contributed by atoms with Crippen LogP contribution in [0.3, 0.4) is 0 Å². The summed E-state index contributed by atoms with van der Waals surface area (Å²) in [5.41, 5.74) is 1.15. The molecule has 0 aromatic heterocycles. The standard InChI is InChI=1S/C16H17BrClNS/c1-2-8-19-11-12-6-7-15(10-16(12)18)20-14-5-3-4-13(17)9-14/h3-7,9-10,19H,2,8,11H2,1H3. The molecule has 0 fully saturated rings. The second-order valence-electron chi connectivity index (χ2n) is 4.49. The Kier molecular flexibility index (Phi) is 6.43. The third kappa shape index (κ3) is 4.81. The van der Waals surface area contributed by atoms with E-state index in [1.54, 1.807) is 11.8 Å². The summed E-state index contributed by atoms with van der Waals surface area (Å²) in [5, 5.41) is 4.20. The van der Waals surface area contributed by atoms with E-state index in [0.717, 1.165) is 39.5 Å². The quantitative estimate of drug-likeness (QED) is 0.649. The van der Waals surface area contributed by atoms with Gasteiger partial charge in [0.15, 0.2) is 0 Å². The normalized spacial score (nSPS) is 10.8. The maximum Gasteiger partial charge on any atom is 0.0462 e. The molecule has 0 saturated heterocycles. The van der Waals surface area contributed by atoms with Crippen molar-refractivity contribution in [2.24, 2.45) is 0 Å². The number of hydrogen-bond acceptors (Lipinski definition) is 2. The van der Waals surface area contributed by atoms with Gasteiger partial charge in [-0.15, -0.1) is 0 Å². The van der Waals surface area contributed by atoms with Gasteiger partial charge in [-0.1, -0.05) is 58.3 Å². The van der Waals surface area contributed by atoms with E-state index < -0.39 is 0 Å². The van der Waals surface area contributed by atoms with Gasteiger partial charge in [0.05, 0.1) is 0 Å². The van der Waals surface area contributed by atoms with Crippen LogP contribution in [0.4, 0.5) is 0 Å². The minimum Gasteiger partial charge on any atom is -0.313 e. The van der Waals surface area contributed by atoms with Crippen LogP contribution in [0.1, 0.15) is 18.9 Å². The van der Waals surface area contributed by atoms with E-state index >= 15 is 0 Å². The zero-order valence-corrected chi connectivity index (χ0v) is 14.5. The maximum atomic E-state index is 6.34. The molecule has 0 aliphatic heterocycles. The van der Waals surface area contributed by atoms with Gasteiger partial charge in [0.1, 0.15) is 0 Å². The highest BCUT2D eigenvalue weighted by Gasteiger charge is 2.04. The molecule has 0 unspecified atom stereocenters. The molecular weight excluding hydrogens is 354 g/mol. The van der Waals surface area contributed by atoms with Crippen LogP contribution < -0.4 is 5.32 Å². The first-order valence-corrected chi connectivity index (χ1v) is 8.60. The smallest absolute Gasteiger partial charge is 0.0462 e. The van der Waals surface area contributed by atoms with E-state index in [-0.39, 0.29) is 0 Å². The van der Waals surface area contributed by atoms with Gasteiger partial charge in [-0.2, -0.15) is 0 Å². The molecule has 2 aromatic carbocycles. The van der Waals surface area contributed by atoms with Gasteiger partial charge in [-0.3, -0.25) is 0 Å². The molecule has 0 aliphatic rings. The molecule has 0 atom stereocenters. The average molecular weight is 371 g/mol. The van der Waals surface area contributed by atoms with Crippen molar-refractivity contribution in [3.63, 3.8) is 0 Å². The molecule has 2 rings (SSSR count). The first-order chi connectivity index (χ1) is 9.69. The first-order valence-electron chi connectivity index (χ1n) is 6.61. The second kappa shape index (κ2) is 8.08. The van der Waals surface area contributed by atoms with Gasteiger partial charge in [0, 0.05) is 25.8 Å².